The van der Waals surface area contributed by atoms with Crippen LogP contribution in [0.4, 0.5) is 0 Å². The Labute approximate surface area is 108 Å². The van der Waals surface area contributed by atoms with Gasteiger partial charge < -0.3 is 0 Å². The third-order valence-corrected chi connectivity index (χ3v) is 2.16. The lowest BCUT2D eigenvalue weighted by Crippen LogP contribution is -2.34. The summed E-state index contributed by atoms with van der Waals surface area (Å²) >= 11 is 0. The minimum Gasteiger partial charge on any atom is -0.294 e. The summed E-state index contributed by atoms with van der Waals surface area (Å²) in [5.74, 6) is -0.0000378. The minimum atomic E-state index is -0.448. The number of Topliss-reactive ketones (excluding diaryl/α,β-unsaturated/α-hetero) is 1. The number of hydrogen-bond donors (Lipinski definition) is 0. The Hall–Kier alpha value is -1.68. The molecule has 98 valence electrons. The molecular formula is C14H19NO3. The van der Waals surface area contributed by atoms with Crippen molar-refractivity contribution in [2.45, 2.75) is 32.8 Å². The normalized spacial score (nSPS) is 11.1. The predicted octanol–water partition coefficient (Wildman–Crippen LogP) is 2.45. The van der Waals surface area contributed by atoms with Crippen molar-refractivity contribution in [3.63, 3.8) is 0 Å². The van der Waals surface area contributed by atoms with Crippen LogP contribution in [0.2, 0.25) is 0 Å². The van der Waals surface area contributed by atoms with Crippen molar-refractivity contribution in [1.29, 1.82) is 0 Å². The van der Waals surface area contributed by atoms with Crippen LogP contribution in [0.25, 0.3) is 0 Å². The molecule has 0 atom stereocenters. The summed E-state index contributed by atoms with van der Waals surface area (Å²) in [6.07, 6.45) is 0.850. The first-order valence-electron chi connectivity index (χ1n) is 5.92. The van der Waals surface area contributed by atoms with Crippen LogP contribution in [0.1, 0.15) is 37.6 Å². The zero-order valence-electron chi connectivity index (χ0n) is 11.1. The minimum absolute atomic E-state index is 0.0000378. The monoisotopic (exact) mass is 249 g/mol. The molecule has 1 aromatic rings. The van der Waals surface area contributed by atoms with Gasteiger partial charge in [0.1, 0.15) is 0 Å². The van der Waals surface area contributed by atoms with Gasteiger partial charge in [-0.15, -0.1) is 0 Å². The van der Waals surface area contributed by atoms with E-state index in [2.05, 4.69) is 0 Å². The van der Waals surface area contributed by atoms with Crippen LogP contribution >= 0.6 is 0 Å². The van der Waals surface area contributed by atoms with Crippen LogP contribution < -0.4 is 0 Å². The van der Waals surface area contributed by atoms with Gasteiger partial charge in [0.2, 0.25) is 6.41 Å². The second-order valence-electron chi connectivity index (χ2n) is 4.99. The first kappa shape index (κ1) is 14.4. The molecule has 1 rings (SSSR count). The molecule has 0 aliphatic carbocycles. The van der Waals surface area contributed by atoms with Gasteiger partial charge in [-0.1, -0.05) is 30.3 Å². The molecule has 4 heteroatoms. The van der Waals surface area contributed by atoms with Crippen molar-refractivity contribution in [2.24, 2.45) is 0 Å². The number of hydroxylamine groups is 2. The highest BCUT2D eigenvalue weighted by Crippen LogP contribution is 2.10. The predicted molar refractivity (Wildman–Crippen MR) is 69.0 cm³/mol. The summed E-state index contributed by atoms with van der Waals surface area (Å²) in [6.45, 7) is 5.81. The second kappa shape index (κ2) is 6.31. The smallest absolute Gasteiger partial charge is 0.233 e. The van der Waals surface area contributed by atoms with Crippen LogP contribution in [0.3, 0.4) is 0 Å². The number of rotatable bonds is 6. The maximum atomic E-state index is 11.8. The van der Waals surface area contributed by atoms with E-state index in [0.717, 1.165) is 0 Å². The Morgan fingerprint density at radius 1 is 1.28 bits per heavy atom. The number of carbonyl (C=O) groups is 2. The van der Waals surface area contributed by atoms with E-state index < -0.39 is 5.60 Å². The lowest BCUT2D eigenvalue weighted by atomic mass is 10.1. The molecule has 0 spiro atoms. The van der Waals surface area contributed by atoms with Crippen LogP contribution in [0, 0.1) is 0 Å². The van der Waals surface area contributed by atoms with Crippen molar-refractivity contribution in [1.82, 2.24) is 5.06 Å². The van der Waals surface area contributed by atoms with Gasteiger partial charge in [0.25, 0.3) is 0 Å². The highest BCUT2D eigenvalue weighted by Gasteiger charge is 2.17. The van der Waals surface area contributed by atoms with Gasteiger partial charge >= 0.3 is 0 Å². The molecule has 4 nitrogen and oxygen atoms in total. The highest BCUT2D eigenvalue weighted by atomic mass is 16.7. The fraction of sp³-hybridized carbons (Fsp3) is 0.429. The van der Waals surface area contributed by atoms with Gasteiger partial charge in [0, 0.05) is 12.0 Å². The molecule has 0 aliphatic rings. The van der Waals surface area contributed by atoms with Crippen molar-refractivity contribution in [3.05, 3.63) is 35.9 Å². The quantitative estimate of drug-likeness (QED) is 0.442. The van der Waals surface area contributed by atoms with Crippen molar-refractivity contribution in [2.75, 3.05) is 6.54 Å². The van der Waals surface area contributed by atoms with Crippen LogP contribution in [-0.4, -0.2) is 29.4 Å². The van der Waals surface area contributed by atoms with Gasteiger partial charge in [-0.25, -0.2) is 5.06 Å². The molecule has 0 saturated heterocycles. The maximum absolute atomic E-state index is 11.8. The highest BCUT2D eigenvalue weighted by molar-refractivity contribution is 5.96. The molecule has 0 radical (unpaired) electrons. The molecular weight excluding hydrogens is 230 g/mol. The zero-order chi connectivity index (χ0) is 13.6. The van der Waals surface area contributed by atoms with E-state index >= 15 is 0 Å². The first-order valence-corrected chi connectivity index (χ1v) is 5.92. The molecule has 0 fully saturated rings. The van der Waals surface area contributed by atoms with E-state index in [1.54, 1.807) is 12.1 Å². The van der Waals surface area contributed by atoms with Crippen molar-refractivity contribution in [3.8, 4) is 0 Å². The summed E-state index contributed by atoms with van der Waals surface area (Å²) in [4.78, 5) is 28.0. The van der Waals surface area contributed by atoms with E-state index in [1.807, 2.05) is 39.0 Å². The average Bonchev–Trinajstić information content (AvgIpc) is 2.33. The zero-order valence-corrected chi connectivity index (χ0v) is 11.1. The van der Waals surface area contributed by atoms with Gasteiger partial charge in [-0.2, -0.15) is 0 Å². The molecule has 1 aromatic carbocycles. The molecule has 0 saturated carbocycles. The van der Waals surface area contributed by atoms with Crippen LogP contribution in [0.5, 0.6) is 0 Å². The molecule has 0 aromatic heterocycles. The first-order chi connectivity index (χ1) is 8.42. The van der Waals surface area contributed by atoms with E-state index in [4.69, 9.17) is 4.84 Å². The average molecular weight is 249 g/mol. The number of hydrogen-bond acceptors (Lipinski definition) is 3. The number of benzene rings is 1. The largest absolute Gasteiger partial charge is 0.294 e. The molecule has 1 amide bonds. The van der Waals surface area contributed by atoms with Gasteiger partial charge in [0.15, 0.2) is 5.78 Å². The topological polar surface area (TPSA) is 46.6 Å². The van der Waals surface area contributed by atoms with Gasteiger partial charge in [-0.05, 0) is 20.8 Å². The van der Waals surface area contributed by atoms with Crippen LogP contribution in [0.15, 0.2) is 30.3 Å². The second-order valence-corrected chi connectivity index (χ2v) is 4.99. The summed E-state index contributed by atoms with van der Waals surface area (Å²) < 4.78 is 0. The van der Waals surface area contributed by atoms with Gasteiger partial charge in [-0.3, -0.25) is 14.4 Å². The van der Waals surface area contributed by atoms with Gasteiger partial charge in [0.05, 0.1) is 12.1 Å². The Morgan fingerprint density at radius 3 is 2.39 bits per heavy atom. The third-order valence-electron chi connectivity index (χ3n) is 2.16. The Kier molecular flexibility index (Phi) is 5.04. The molecule has 0 N–H and O–H groups in total. The molecule has 0 heterocycles. The Morgan fingerprint density at radius 2 is 1.89 bits per heavy atom. The molecule has 0 bridgehead atoms. The summed E-state index contributed by atoms with van der Waals surface area (Å²) in [5, 5.41) is 1.17. The summed E-state index contributed by atoms with van der Waals surface area (Å²) in [5.41, 5.74) is 0.204. The number of amides is 1. The lowest BCUT2D eigenvalue weighted by molar-refractivity contribution is -0.215. The molecule has 0 aliphatic heterocycles. The fourth-order valence-electron chi connectivity index (χ4n) is 1.45. The van der Waals surface area contributed by atoms with Crippen LogP contribution in [-0.2, 0) is 9.63 Å². The Bertz CT molecular complexity index is 395. The third kappa shape index (κ3) is 5.10. The van der Waals surface area contributed by atoms with Crippen molar-refractivity contribution < 1.29 is 14.4 Å². The molecule has 18 heavy (non-hydrogen) atoms. The maximum Gasteiger partial charge on any atom is 0.233 e. The van der Waals surface area contributed by atoms with E-state index in [9.17, 15) is 9.59 Å². The molecule has 0 unspecified atom stereocenters. The summed E-state index contributed by atoms with van der Waals surface area (Å²) in [7, 11) is 0. The standard InChI is InChI=1S/C14H19NO3/c1-14(2,3)18-15(11-16)10-9-13(17)12-7-5-4-6-8-12/h4-8,11H,9-10H2,1-3H3. The number of carbonyl (C=O) groups excluding carboxylic acids is 2. The van der Waals surface area contributed by atoms with E-state index in [-0.39, 0.29) is 18.7 Å². The number of nitrogens with zero attached hydrogens (tertiary/aromatic N) is 1. The van der Waals surface area contributed by atoms with Crippen molar-refractivity contribution >= 4 is 12.2 Å². The Balaban J connectivity index is 2.49. The number of ketones is 1. The van der Waals surface area contributed by atoms with E-state index in [1.165, 1.54) is 5.06 Å². The fourth-order valence-corrected chi connectivity index (χ4v) is 1.45. The summed E-state index contributed by atoms with van der Waals surface area (Å²) in [6, 6.07) is 9.01. The van der Waals surface area contributed by atoms with E-state index in [0.29, 0.717) is 12.0 Å². The SMILES string of the molecule is CC(C)(C)ON(C=O)CCC(=O)c1ccccc1. The lowest BCUT2D eigenvalue weighted by Gasteiger charge is -2.26.